The molecule has 2 bridgehead atoms. The second kappa shape index (κ2) is 8.65. The van der Waals surface area contributed by atoms with Gasteiger partial charge in [0.15, 0.2) is 0 Å². The fraction of sp³-hybridized carbons (Fsp3) is 0.435. The number of urea groups is 1. The van der Waals surface area contributed by atoms with Crippen LogP contribution in [-0.2, 0) is 6.54 Å². The predicted octanol–water partition coefficient (Wildman–Crippen LogP) is 4.40. The molecule has 2 aliphatic heterocycles. The first-order valence-electron chi connectivity index (χ1n) is 10.3. The van der Waals surface area contributed by atoms with Crippen LogP contribution in [0, 0.1) is 0 Å². The molecule has 5 nitrogen and oxygen atoms in total. The van der Waals surface area contributed by atoms with Crippen molar-refractivity contribution in [3.8, 4) is 5.75 Å². The first kappa shape index (κ1) is 18.8. The third-order valence-corrected chi connectivity index (χ3v) is 5.85. The Morgan fingerprint density at radius 2 is 1.71 bits per heavy atom. The summed E-state index contributed by atoms with van der Waals surface area (Å²) in [7, 11) is 0. The average molecular weight is 380 g/mol. The van der Waals surface area contributed by atoms with Crippen LogP contribution in [0.2, 0.25) is 0 Å². The van der Waals surface area contributed by atoms with Crippen molar-refractivity contribution in [1.82, 2.24) is 10.2 Å². The maximum atomic E-state index is 12.4. The highest BCUT2D eigenvalue weighted by atomic mass is 16.5. The summed E-state index contributed by atoms with van der Waals surface area (Å²) in [5.41, 5.74) is 2.16. The molecule has 2 saturated heterocycles. The van der Waals surface area contributed by atoms with E-state index in [2.05, 4.69) is 45.9 Å². The van der Waals surface area contributed by atoms with Gasteiger partial charge < -0.3 is 15.4 Å². The Kier molecular flexibility index (Phi) is 5.81. The number of nitrogens with one attached hydrogen (secondary N) is 2. The number of benzene rings is 2. The molecule has 2 heterocycles. The number of nitrogens with zero attached hydrogens (tertiary/aromatic N) is 1. The summed E-state index contributed by atoms with van der Waals surface area (Å²) < 4.78 is 5.44. The van der Waals surface area contributed by atoms with Crippen molar-refractivity contribution in [1.29, 1.82) is 0 Å². The van der Waals surface area contributed by atoms with Crippen molar-refractivity contribution in [2.24, 2.45) is 0 Å². The third kappa shape index (κ3) is 4.47. The first-order valence-corrected chi connectivity index (χ1v) is 10.3. The molecule has 4 rings (SSSR count). The highest BCUT2D eigenvalue weighted by molar-refractivity contribution is 5.89. The van der Waals surface area contributed by atoms with Gasteiger partial charge in [0, 0.05) is 30.4 Å². The standard InChI is InChI=1S/C23H29N3O2/c1-2-28-22-12-8-18(9-13-22)24-23(27)25-19-14-20-10-11-21(15-19)26(20)16-17-6-4-3-5-7-17/h3-9,12-13,19-21H,2,10-11,14-16H2,1H3,(H2,24,25,27). The van der Waals surface area contributed by atoms with Crippen LogP contribution in [0.1, 0.15) is 38.2 Å². The fourth-order valence-electron chi connectivity index (χ4n) is 4.60. The molecular formula is C23H29N3O2. The zero-order valence-corrected chi connectivity index (χ0v) is 16.4. The molecule has 0 saturated carbocycles. The zero-order valence-electron chi connectivity index (χ0n) is 16.4. The monoisotopic (exact) mass is 379 g/mol. The van der Waals surface area contributed by atoms with E-state index in [1.54, 1.807) is 0 Å². The van der Waals surface area contributed by atoms with E-state index < -0.39 is 0 Å². The van der Waals surface area contributed by atoms with Crippen LogP contribution >= 0.6 is 0 Å². The molecular weight excluding hydrogens is 350 g/mol. The van der Waals surface area contributed by atoms with Crippen LogP contribution < -0.4 is 15.4 Å². The summed E-state index contributed by atoms with van der Waals surface area (Å²) >= 11 is 0. The molecule has 2 aromatic carbocycles. The molecule has 2 atom stereocenters. The lowest BCUT2D eigenvalue weighted by molar-refractivity contribution is 0.112. The van der Waals surface area contributed by atoms with Gasteiger partial charge in [-0.2, -0.15) is 0 Å². The number of hydrogen-bond acceptors (Lipinski definition) is 3. The molecule has 2 amide bonds. The third-order valence-electron chi connectivity index (χ3n) is 5.85. The Balaban J connectivity index is 1.29. The fourth-order valence-corrected chi connectivity index (χ4v) is 4.60. The van der Waals surface area contributed by atoms with E-state index in [0.717, 1.165) is 30.8 Å². The second-order valence-corrected chi connectivity index (χ2v) is 7.77. The Morgan fingerprint density at radius 1 is 1.04 bits per heavy atom. The van der Waals surface area contributed by atoms with E-state index in [0.29, 0.717) is 18.7 Å². The summed E-state index contributed by atoms with van der Waals surface area (Å²) in [6.07, 6.45) is 4.52. The van der Waals surface area contributed by atoms with Gasteiger partial charge in [-0.15, -0.1) is 0 Å². The van der Waals surface area contributed by atoms with Gasteiger partial charge in [0.2, 0.25) is 0 Å². The molecule has 2 aromatic rings. The first-order chi connectivity index (χ1) is 13.7. The van der Waals surface area contributed by atoms with Crippen LogP contribution in [0.15, 0.2) is 54.6 Å². The Morgan fingerprint density at radius 3 is 2.36 bits per heavy atom. The molecule has 0 aliphatic carbocycles. The number of anilines is 1. The van der Waals surface area contributed by atoms with E-state index in [-0.39, 0.29) is 12.1 Å². The van der Waals surface area contributed by atoms with Crippen molar-refractivity contribution >= 4 is 11.7 Å². The minimum atomic E-state index is -0.120. The molecule has 5 heteroatoms. The number of carbonyl (C=O) groups is 1. The quantitative estimate of drug-likeness (QED) is 0.782. The minimum Gasteiger partial charge on any atom is -0.494 e. The van der Waals surface area contributed by atoms with E-state index >= 15 is 0 Å². The molecule has 0 radical (unpaired) electrons. The molecule has 2 fully saturated rings. The van der Waals surface area contributed by atoms with Crippen LogP contribution in [0.25, 0.3) is 0 Å². The normalized spacial score (nSPS) is 24.0. The number of amides is 2. The van der Waals surface area contributed by atoms with Gasteiger partial charge in [-0.25, -0.2) is 4.79 Å². The SMILES string of the molecule is CCOc1ccc(NC(=O)NC2CC3CCC(C2)N3Cc2ccccc2)cc1. The van der Waals surface area contributed by atoms with E-state index in [1.807, 2.05) is 31.2 Å². The van der Waals surface area contributed by atoms with Crippen molar-refractivity contribution in [3.05, 3.63) is 60.2 Å². The smallest absolute Gasteiger partial charge is 0.319 e. The summed E-state index contributed by atoms with van der Waals surface area (Å²) in [5, 5.41) is 6.12. The van der Waals surface area contributed by atoms with Gasteiger partial charge in [-0.3, -0.25) is 4.90 Å². The van der Waals surface area contributed by atoms with Gasteiger partial charge in [0.1, 0.15) is 5.75 Å². The van der Waals surface area contributed by atoms with Crippen molar-refractivity contribution in [3.63, 3.8) is 0 Å². The van der Waals surface area contributed by atoms with E-state index in [4.69, 9.17) is 4.74 Å². The lowest BCUT2D eigenvalue weighted by Crippen LogP contribution is -2.50. The topological polar surface area (TPSA) is 53.6 Å². The van der Waals surface area contributed by atoms with E-state index in [1.165, 1.54) is 18.4 Å². The van der Waals surface area contributed by atoms with Crippen molar-refractivity contribution in [2.75, 3.05) is 11.9 Å². The summed E-state index contributed by atoms with van der Waals surface area (Å²) in [6.45, 7) is 3.61. The van der Waals surface area contributed by atoms with Crippen LogP contribution in [-0.4, -0.2) is 35.7 Å². The second-order valence-electron chi connectivity index (χ2n) is 7.77. The van der Waals surface area contributed by atoms with Crippen LogP contribution in [0.5, 0.6) is 5.75 Å². The van der Waals surface area contributed by atoms with Gasteiger partial charge in [-0.05, 0) is 62.4 Å². The molecule has 0 aromatic heterocycles. The number of hydrogen-bond donors (Lipinski definition) is 2. The lowest BCUT2D eigenvalue weighted by Gasteiger charge is -2.39. The highest BCUT2D eigenvalue weighted by Gasteiger charge is 2.40. The molecule has 28 heavy (non-hydrogen) atoms. The van der Waals surface area contributed by atoms with Gasteiger partial charge in [0.25, 0.3) is 0 Å². The van der Waals surface area contributed by atoms with Gasteiger partial charge in [0.05, 0.1) is 6.61 Å². The number of fused-ring (bicyclic) bond motifs is 2. The molecule has 148 valence electrons. The van der Waals surface area contributed by atoms with E-state index in [9.17, 15) is 4.79 Å². The summed E-state index contributed by atoms with van der Waals surface area (Å²) in [6, 6.07) is 19.4. The Labute approximate surface area is 167 Å². The predicted molar refractivity (Wildman–Crippen MR) is 112 cm³/mol. The molecule has 0 spiro atoms. The number of carbonyl (C=O) groups excluding carboxylic acids is 1. The maximum Gasteiger partial charge on any atom is 0.319 e. The molecule has 2 N–H and O–H groups in total. The highest BCUT2D eigenvalue weighted by Crippen LogP contribution is 2.36. The number of ether oxygens (including phenoxy) is 1. The Hall–Kier alpha value is -2.53. The van der Waals surface area contributed by atoms with Gasteiger partial charge >= 0.3 is 6.03 Å². The van der Waals surface area contributed by atoms with Gasteiger partial charge in [-0.1, -0.05) is 30.3 Å². The number of piperidine rings is 1. The number of rotatable bonds is 6. The molecule has 2 aliphatic rings. The maximum absolute atomic E-state index is 12.4. The van der Waals surface area contributed by atoms with Crippen LogP contribution in [0.4, 0.5) is 10.5 Å². The van der Waals surface area contributed by atoms with Crippen LogP contribution in [0.3, 0.4) is 0 Å². The minimum absolute atomic E-state index is 0.120. The largest absolute Gasteiger partial charge is 0.494 e. The summed E-state index contributed by atoms with van der Waals surface area (Å²) in [5.74, 6) is 0.816. The zero-order chi connectivity index (χ0) is 19.3. The summed E-state index contributed by atoms with van der Waals surface area (Å²) in [4.78, 5) is 15.1. The lowest BCUT2D eigenvalue weighted by atomic mass is 9.96. The molecule has 2 unspecified atom stereocenters. The van der Waals surface area contributed by atoms with Crippen molar-refractivity contribution in [2.45, 2.75) is 57.3 Å². The average Bonchev–Trinajstić information content (AvgIpc) is 2.93. The Bertz CT molecular complexity index is 764. The van der Waals surface area contributed by atoms with Crippen molar-refractivity contribution < 1.29 is 9.53 Å².